The number of ether oxygens (including phenoxy) is 3. The largest absolute Gasteiger partial charge is 0.494 e. The lowest BCUT2D eigenvalue weighted by atomic mass is 10.1. The molecular formula is C14H21NO3. The predicted octanol–water partition coefficient (Wildman–Crippen LogP) is 1.72. The molecule has 0 radical (unpaired) electrons. The molecule has 0 aliphatic carbocycles. The topological polar surface area (TPSA) is 53.7 Å². The molecule has 1 aromatic rings. The van der Waals surface area contributed by atoms with Gasteiger partial charge in [-0.1, -0.05) is 12.1 Å². The van der Waals surface area contributed by atoms with E-state index in [0.29, 0.717) is 19.8 Å². The van der Waals surface area contributed by atoms with E-state index in [-0.39, 0.29) is 6.10 Å². The molecule has 1 fully saturated rings. The van der Waals surface area contributed by atoms with Crippen molar-refractivity contribution in [3.63, 3.8) is 0 Å². The minimum atomic E-state index is -0.558. The summed E-state index contributed by atoms with van der Waals surface area (Å²) in [7, 11) is 0. The van der Waals surface area contributed by atoms with Gasteiger partial charge in [-0.3, -0.25) is 0 Å². The molecule has 2 atom stereocenters. The summed E-state index contributed by atoms with van der Waals surface area (Å²) in [5.74, 6) is 0.330. The molecule has 1 heterocycles. The van der Waals surface area contributed by atoms with Crippen LogP contribution in [0.25, 0.3) is 0 Å². The Morgan fingerprint density at radius 3 is 2.67 bits per heavy atom. The summed E-state index contributed by atoms with van der Waals surface area (Å²) in [4.78, 5) is 0. The molecule has 4 heteroatoms. The van der Waals surface area contributed by atoms with Gasteiger partial charge in [-0.25, -0.2) is 0 Å². The third-order valence-electron chi connectivity index (χ3n) is 3.01. The fourth-order valence-electron chi connectivity index (χ4n) is 2.14. The predicted molar refractivity (Wildman–Crippen MR) is 69.6 cm³/mol. The first-order chi connectivity index (χ1) is 8.65. The van der Waals surface area contributed by atoms with Gasteiger partial charge in [-0.15, -0.1) is 0 Å². The van der Waals surface area contributed by atoms with Crippen LogP contribution < -0.4 is 10.5 Å². The summed E-state index contributed by atoms with van der Waals surface area (Å²) in [5.41, 5.74) is 6.75. The first kappa shape index (κ1) is 13.3. The van der Waals surface area contributed by atoms with E-state index in [2.05, 4.69) is 0 Å². The van der Waals surface area contributed by atoms with Gasteiger partial charge in [-0.2, -0.15) is 0 Å². The third kappa shape index (κ3) is 3.22. The second-order valence-corrected chi connectivity index (χ2v) is 4.67. The maximum absolute atomic E-state index is 5.80. The molecule has 0 bridgehead atoms. The Labute approximate surface area is 108 Å². The van der Waals surface area contributed by atoms with Crippen LogP contribution >= 0.6 is 0 Å². The molecule has 18 heavy (non-hydrogen) atoms. The quantitative estimate of drug-likeness (QED) is 0.865. The van der Waals surface area contributed by atoms with Crippen LogP contribution in [0.4, 0.5) is 0 Å². The molecule has 2 unspecified atom stereocenters. The summed E-state index contributed by atoms with van der Waals surface area (Å²) in [5, 5.41) is 0. The van der Waals surface area contributed by atoms with E-state index in [9.17, 15) is 0 Å². The van der Waals surface area contributed by atoms with Crippen LogP contribution in [0.1, 0.15) is 19.4 Å². The summed E-state index contributed by atoms with van der Waals surface area (Å²) in [6.45, 7) is 5.69. The summed E-state index contributed by atoms with van der Waals surface area (Å²) in [6, 6.07) is 8.02. The second kappa shape index (κ2) is 5.69. The van der Waals surface area contributed by atoms with Crippen LogP contribution in [0, 0.1) is 0 Å². The van der Waals surface area contributed by atoms with E-state index in [1.54, 1.807) is 0 Å². The Morgan fingerprint density at radius 2 is 2.11 bits per heavy atom. The third-order valence-corrected chi connectivity index (χ3v) is 3.01. The van der Waals surface area contributed by atoms with E-state index in [4.69, 9.17) is 19.9 Å². The van der Waals surface area contributed by atoms with Crippen molar-refractivity contribution >= 4 is 0 Å². The molecule has 1 aliphatic rings. The summed E-state index contributed by atoms with van der Waals surface area (Å²) in [6.07, 6.45) is 0.730. The fourth-order valence-corrected chi connectivity index (χ4v) is 2.14. The molecule has 1 aromatic carbocycles. The second-order valence-electron chi connectivity index (χ2n) is 4.67. The monoisotopic (exact) mass is 251 g/mol. The van der Waals surface area contributed by atoms with Gasteiger partial charge >= 0.3 is 0 Å². The molecule has 2 N–H and O–H groups in total. The molecule has 2 rings (SSSR count). The Balaban J connectivity index is 1.96. The Morgan fingerprint density at radius 1 is 1.39 bits per heavy atom. The van der Waals surface area contributed by atoms with E-state index in [1.165, 1.54) is 5.56 Å². The van der Waals surface area contributed by atoms with Gasteiger partial charge in [-0.05, 0) is 31.5 Å². The van der Waals surface area contributed by atoms with E-state index < -0.39 is 5.79 Å². The Kier molecular flexibility index (Phi) is 4.22. The highest BCUT2D eigenvalue weighted by Crippen LogP contribution is 2.27. The van der Waals surface area contributed by atoms with Crippen molar-refractivity contribution in [2.45, 2.75) is 32.2 Å². The normalized spacial score (nSPS) is 27.4. The number of benzene rings is 1. The lowest BCUT2D eigenvalue weighted by Gasteiger charge is -2.23. The highest BCUT2D eigenvalue weighted by atomic mass is 16.7. The fraction of sp³-hybridized carbons (Fsp3) is 0.571. The van der Waals surface area contributed by atoms with Crippen molar-refractivity contribution in [3.8, 4) is 5.75 Å². The smallest absolute Gasteiger partial charge is 0.170 e. The number of hydrogen-bond acceptors (Lipinski definition) is 4. The molecule has 100 valence electrons. The lowest BCUT2D eigenvalue weighted by molar-refractivity contribution is -0.151. The highest BCUT2D eigenvalue weighted by Gasteiger charge is 2.36. The molecule has 4 nitrogen and oxygen atoms in total. The Bertz CT molecular complexity index is 379. The van der Waals surface area contributed by atoms with Gasteiger partial charge in [0.15, 0.2) is 5.79 Å². The zero-order valence-corrected chi connectivity index (χ0v) is 11.0. The van der Waals surface area contributed by atoms with Crippen LogP contribution in [0.15, 0.2) is 24.3 Å². The standard InChI is InChI=1S/C14H21NO3/c1-3-16-12-6-4-11(5-7-12)8-14(2)17-10-13(9-15)18-14/h4-7,13H,3,8-10,15H2,1-2H3. The van der Waals surface area contributed by atoms with Gasteiger partial charge in [0.2, 0.25) is 0 Å². The van der Waals surface area contributed by atoms with Crippen molar-refractivity contribution in [1.82, 2.24) is 0 Å². The zero-order valence-electron chi connectivity index (χ0n) is 11.0. The highest BCUT2D eigenvalue weighted by molar-refractivity contribution is 5.28. The molecular weight excluding hydrogens is 230 g/mol. The van der Waals surface area contributed by atoms with Gasteiger partial charge in [0.25, 0.3) is 0 Å². The minimum absolute atomic E-state index is 0.0118. The van der Waals surface area contributed by atoms with Crippen LogP contribution in [-0.2, 0) is 15.9 Å². The van der Waals surface area contributed by atoms with Gasteiger partial charge < -0.3 is 19.9 Å². The lowest BCUT2D eigenvalue weighted by Crippen LogP contribution is -2.31. The number of hydrogen-bond donors (Lipinski definition) is 1. The summed E-state index contributed by atoms with van der Waals surface area (Å²) >= 11 is 0. The van der Waals surface area contributed by atoms with Crippen LogP contribution in [0.3, 0.4) is 0 Å². The number of rotatable bonds is 5. The van der Waals surface area contributed by atoms with Gasteiger partial charge in [0, 0.05) is 13.0 Å². The van der Waals surface area contributed by atoms with Crippen molar-refractivity contribution in [2.24, 2.45) is 5.73 Å². The van der Waals surface area contributed by atoms with Crippen molar-refractivity contribution in [3.05, 3.63) is 29.8 Å². The average molecular weight is 251 g/mol. The van der Waals surface area contributed by atoms with E-state index in [0.717, 1.165) is 12.2 Å². The molecule has 0 amide bonds. The van der Waals surface area contributed by atoms with Crippen LogP contribution in [0.2, 0.25) is 0 Å². The molecule has 0 spiro atoms. The van der Waals surface area contributed by atoms with E-state index in [1.807, 2.05) is 38.1 Å². The van der Waals surface area contributed by atoms with Crippen molar-refractivity contribution in [1.29, 1.82) is 0 Å². The SMILES string of the molecule is CCOc1ccc(CC2(C)OCC(CN)O2)cc1. The first-order valence-electron chi connectivity index (χ1n) is 6.39. The van der Waals surface area contributed by atoms with Crippen LogP contribution in [0.5, 0.6) is 5.75 Å². The number of nitrogens with two attached hydrogens (primary N) is 1. The zero-order chi connectivity index (χ0) is 13.0. The molecule has 0 aromatic heterocycles. The maximum atomic E-state index is 5.80. The first-order valence-corrected chi connectivity index (χ1v) is 6.39. The van der Waals surface area contributed by atoms with Crippen molar-refractivity contribution in [2.75, 3.05) is 19.8 Å². The summed E-state index contributed by atoms with van der Waals surface area (Å²) < 4.78 is 16.9. The van der Waals surface area contributed by atoms with Crippen molar-refractivity contribution < 1.29 is 14.2 Å². The van der Waals surface area contributed by atoms with Gasteiger partial charge in [0.05, 0.1) is 19.3 Å². The maximum Gasteiger partial charge on any atom is 0.170 e. The Hall–Kier alpha value is -1.10. The minimum Gasteiger partial charge on any atom is -0.494 e. The van der Waals surface area contributed by atoms with Gasteiger partial charge in [0.1, 0.15) is 5.75 Å². The molecule has 1 aliphatic heterocycles. The van der Waals surface area contributed by atoms with E-state index >= 15 is 0 Å². The molecule has 1 saturated heterocycles. The van der Waals surface area contributed by atoms with Crippen LogP contribution in [-0.4, -0.2) is 31.6 Å². The molecule has 0 saturated carbocycles. The average Bonchev–Trinajstić information content (AvgIpc) is 2.74.